The van der Waals surface area contributed by atoms with Crippen LogP contribution in [0.15, 0.2) is 24.3 Å². The summed E-state index contributed by atoms with van der Waals surface area (Å²) in [4.78, 5) is 13.6. The van der Waals surface area contributed by atoms with Gasteiger partial charge in [-0.05, 0) is 31.6 Å². The lowest BCUT2D eigenvalue weighted by Gasteiger charge is -2.45. The molecule has 0 aliphatic carbocycles. The molecule has 1 fully saturated rings. The average Bonchev–Trinajstić information content (AvgIpc) is 2.41. The zero-order valence-electron chi connectivity index (χ0n) is 12.2. The number of rotatable bonds is 4. The molecule has 20 heavy (non-hydrogen) atoms. The normalized spacial score (nSPS) is 17.1. The number of aliphatic hydroxyl groups is 1. The molecule has 0 unspecified atom stereocenters. The summed E-state index contributed by atoms with van der Waals surface area (Å²) in [5, 5.41) is 9.90. The second kappa shape index (κ2) is 5.67. The van der Waals surface area contributed by atoms with Crippen LogP contribution in [0.1, 0.15) is 24.5 Å². The number of ether oxygens (including phenoxy) is 1. The SMILES string of the molecule is CCC1(O)CN(C(=O)C=Cc2cc(C)ccc2OC)C1. The topological polar surface area (TPSA) is 49.8 Å². The highest BCUT2D eigenvalue weighted by Crippen LogP contribution is 2.25. The molecule has 1 heterocycles. The lowest BCUT2D eigenvalue weighted by Crippen LogP contribution is -2.62. The lowest BCUT2D eigenvalue weighted by molar-refractivity contribution is -0.150. The Labute approximate surface area is 119 Å². The number of aryl methyl sites for hydroxylation is 1. The maximum absolute atomic E-state index is 12.0. The fourth-order valence-electron chi connectivity index (χ4n) is 2.29. The molecular weight excluding hydrogens is 254 g/mol. The molecule has 4 heteroatoms. The van der Waals surface area contributed by atoms with Crippen molar-refractivity contribution in [2.24, 2.45) is 0 Å². The van der Waals surface area contributed by atoms with E-state index >= 15 is 0 Å². The predicted molar refractivity (Wildman–Crippen MR) is 78.6 cm³/mol. The molecule has 1 N–H and O–H groups in total. The van der Waals surface area contributed by atoms with Gasteiger partial charge in [0, 0.05) is 11.6 Å². The number of hydrogen-bond donors (Lipinski definition) is 1. The van der Waals surface area contributed by atoms with Crippen molar-refractivity contribution in [2.45, 2.75) is 25.9 Å². The molecule has 0 radical (unpaired) electrons. The molecule has 1 aliphatic heterocycles. The van der Waals surface area contributed by atoms with E-state index in [9.17, 15) is 9.90 Å². The van der Waals surface area contributed by atoms with Crippen LogP contribution >= 0.6 is 0 Å². The van der Waals surface area contributed by atoms with Crippen molar-refractivity contribution in [3.05, 3.63) is 35.4 Å². The van der Waals surface area contributed by atoms with Gasteiger partial charge in [-0.1, -0.05) is 18.6 Å². The highest BCUT2D eigenvalue weighted by molar-refractivity contribution is 5.92. The van der Waals surface area contributed by atoms with Crippen molar-refractivity contribution >= 4 is 12.0 Å². The van der Waals surface area contributed by atoms with Crippen LogP contribution in [0.3, 0.4) is 0 Å². The fraction of sp³-hybridized carbons (Fsp3) is 0.438. The van der Waals surface area contributed by atoms with Crippen LogP contribution in [0.25, 0.3) is 6.08 Å². The minimum Gasteiger partial charge on any atom is -0.496 e. The second-order valence-corrected chi connectivity index (χ2v) is 5.35. The zero-order valence-corrected chi connectivity index (χ0v) is 12.2. The first-order valence-electron chi connectivity index (χ1n) is 6.81. The quantitative estimate of drug-likeness (QED) is 0.855. The van der Waals surface area contributed by atoms with E-state index in [1.165, 1.54) is 6.08 Å². The lowest BCUT2D eigenvalue weighted by atomic mass is 9.91. The molecule has 1 saturated heterocycles. The maximum Gasteiger partial charge on any atom is 0.246 e. The third kappa shape index (κ3) is 3.02. The van der Waals surface area contributed by atoms with Crippen LogP contribution in [-0.2, 0) is 4.79 Å². The molecule has 108 valence electrons. The van der Waals surface area contributed by atoms with Gasteiger partial charge in [-0.25, -0.2) is 0 Å². The van der Waals surface area contributed by atoms with Gasteiger partial charge in [-0.3, -0.25) is 4.79 Å². The number of methoxy groups -OCH3 is 1. The van der Waals surface area contributed by atoms with Crippen molar-refractivity contribution < 1.29 is 14.6 Å². The minimum atomic E-state index is -0.690. The van der Waals surface area contributed by atoms with Crippen LogP contribution in [0, 0.1) is 6.92 Å². The van der Waals surface area contributed by atoms with E-state index in [0.29, 0.717) is 19.5 Å². The number of benzene rings is 1. The predicted octanol–water partition coefficient (Wildman–Crippen LogP) is 2.00. The Kier molecular flexibility index (Phi) is 4.14. The van der Waals surface area contributed by atoms with E-state index in [1.54, 1.807) is 18.1 Å². The van der Waals surface area contributed by atoms with Gasteiger partial charge in [0.1, 0.15) is 5.75 Å². The van der Waals surface area contributed by atoms with Crippen molar-refractivity contribution in [2.75, 3.05) is 20.2 Å². The molecule has 0 atom stereocenters. The maximum atomic E-state index is 12.0. The number of hydrogen-bond acceptors (Lipinski definition) is 3. The van der Waals surface area contributed by atoms with Gasteiger partial charge >= 0.3 is 0 Å². The largest absolute Gasteiger partial charge is 0.496 e. The van der Waals surface area contributed by atoms with Crippen molar-refractivity contribution in [1.29, 1.82) is 0 Å². The number of likely N-dealkylation sites (tertiary alicyclic amines) is 1. The monoisotopic (exact) mass is 275 g/mol. The molecule has 1 amide bonds. The molecule has 0 spiro atoms. The van der Waals surface area contributed by atoms with Crippen molar-refractivity contribution in [3.8, 4) is 5.75 Å². The van der Waals surface area contributed by atoms with E-state index in [-0.39, 0.29) is 5.91 Å². The zero-order chi connectivity index (χ0) is 14.8. The van der Waals surface area contributed by atoms with Crippen LogP contribution in [0.5, 0.6) is 5.75 Å². The molecular formula is C16H21NO3. The summed E-state index contributed by atoms with van der Waals surface area (Å²) in [6.07, 6.45) is 3.97. The van der Waals surface area contributed by atoms with Gasteiger partial charge in [0.05, 0.1) is 25.8 Å². The average molecular weight is 275 g/mol. The fourth-order valence-corrected chi connectivity index (χ4v) is 2.29. The number of nitrogens with zero attached hydrogens (tertiary/aromatic N) is 1. The smallest absolute Gasteiger partial charge is 0.246 e. The standard InChI is InChI=1S/C16H21NO3/c1-4-16(19)10-17(11-16)15(18)8-6-13-9-12(2)5-7-14(13)20-3/h5-9,19H,4,10-11H2,1-3H3. The Bertz CT molecular complexity index is 531. The first-order chi connectivity index (χ1) is 9.47. The Hall–Kier alpha value is -1.81. The van der Waals surface area contributed by atoms with Gasteiger partial charge in [0.2, 0.25) is 5.91 Å². The van der Waals surface area contributed by atoms with Crippen molar-refractivity contribution in [3.63, 3.8) is 0 Å². The molecule has 4 nitrogen and oxygen atoms in total. The third-order valence-electron chi connectivity index (χ3n) is 3.73. The first kappa shape index (κ1) is 14.6. The highest BCUT2D eigenvalue weighted by atomic mass is 16.5. The molecule has 0 aromatic heterocycles. The Balaban J connectivity index is 2.03. The summed E-state index contributed by atoms with van der Waals surface area (Å²) < 4.78 is 5.27. The van der Waals surface area contributed by atoms with Gasteiger partial charge < -0.3 is 14.7 Å². The van der Waals surface area contributed by atoms with Gasteiger partial charge in [-0.15, -0.1) is 0 Å². The summed E-state index contributed by atoms with van der Waals surface area (Å²) in [6, 6.07) is 5.83. The summed E-state index contributed by atoms with van der Waals surface area (Å²) in [7, 11) is 1.61. The molecule has 1 aromatic rings. The van der Waals surface area contributed by atoms with Crippen molar-refractivity contribution in [1.82, 2.24) is 4.90 Å². The van der Waals surface area contributed by atoms with Gasteiger partial charge in [0.25, 0.3) is 0 Å². The van der Waals surface area contributed by atoms with Crippen LogP contribution in [0.4, 0.5) is 0 Å². The minimum absolute atomic E-state index is 0.0771. The van der Waals surface area contributed by atoms with Crippen LogP contribution in [0.2, 0.25) is 0 Å². The Morgan fingerprint density at radius 2 is 2.20 bits per heavy atom. The third-order valence-corrected chi connectivity index (χ3v) is 3.73. The van der Waals surface area contributed by atoms with E-state index in [1.807, 2.05) is 32.0 Å². The second-order valence-electron chi connectivity index (χ2n) is 5.35. The molecule has 0 saturated carbocycles. The summed E-state index contributed by atoms with van der Waals surface area (Å²) >= 11 is 0. The van der Waals surface area contributed by atoms with Crippen LogP contribution in [-0.4, -0.2) is 41.7 Å². The molecule has 1 aliphatic rings. The van der Waals surface area contributed by atoms with Gasteiger partial charge in [0.15, 0.2) is 0 Å². The molecule has 1 aromatic carbocycles. The van der Waals surface area contributed by atoms with E-state index < -0.39 is 5.60 Å². The first-order valence-corrected chi connectivity index (χ1v) is 6.81. The number of carbonyl (C=O) groups is 1. The number of β-amino-alcohol motifs (C(OH)–C–C–N with tert-alkyl or cyclic N) is 1. The summed E-state index contributed by atoms with van der Waals surface area (Å²) in [6.45, 7) is 4.75. The highest BCUT2D eigenvalue weighted by Gasteiger charge is 2.41. The van der Waals surface area contributed by atoms with Gasteiger partial charge in [-0.2, -0.15) is 0 Å². The summed E-state index contributed by atoms with van der Waals surface area (Å²) in [5.41, 5.74) is 1.30. The molecule has 0 bridgehead atoms. The van der Waals surface area contributed by atoms with Crippen LogP contribution < -0.4 is 4.74 Å². The number of carbonyl (C=O) groups excluding carboxylic acids is 1. The van der Waals surface area contributed by atoms with E-state index in [2.05, 4.69) is 0 Å². The Morgan fingerprint density at radius 1 is 1.50 bits per heavy atom. The van der Waals surface area contributed by atoms with E-state index in [4.69, 9.17) is 4.74 Å². The Morgan fingerprint density at radius 3 is 2.80 bits per heavy atom. The summed E-state index contributed by atoms with van der Waals surface area (Å²) in [5.74, 6) is 0.667. The van der Waals surface area contributed by atoms with E-state index in [0.717, 1.165) is 16.9 Å². The molecule has 2 rings (SSSR count). The number of amides is 1.